The normalized spacial score (nSPS) is 13.8. The number of carboxylic acids is 1. The third-order valence-corrected chi connectivity index (χ3v) is 4.90. The van der Waals surface area contributed by atoms with Gasteiger partial charge in [-0.05, 0) is 36.1 Å². The number of nitrogens with zero attached hydrogens (tertiary/aromatic N) is 1. The molecular weight excluding hydrogens is 346 g/mol. The number of hydrogen-bond donors (Lipinski definition) is 2. The van der Waals surface area contributed by atoms with E-state index >= 15 is 0 Å². The summed E-state index contributed by atoms with van der Waals surface area (Å²) >= 11 is 0. The van der Waals surface area contributed by atoms with E-state index in [4.69, 9.17) is 4.74 Å². The van der Waals surface area contributed by atoms with Crippen LogP contribution < -0.4 is 0 Å². The minimum Gasteiger partial charge on any atom is -0.480 e. The van der Waals surface area contributed by atoms with E-state index in [1.54, 1.807) is 13.8 Å². The minimum atomic E-state index is -1.33. The van der Waals surface area contributed by atoms with Gasteiger partial charge in [0, 0.05) is 12.0 Å². The predicted octanol–water partition coefficient (Wildman–Crippen LogP) is 3.09. The fourth-order valence-corrected chi connectivity index (χ4v) is 3.65. The number of hydrogen-bond acceptors (Lipinski definition) is 4. The first-order valence-corrected chi connectivity index (χ1v) is 8.92. The van der Waals surface area contributed by atoms with Gasteiger partial charge in [0.05, 0.1) is 6.61 Å². The van der Waals surface area contributed by atoms with E-state index in [1.807, 2.05) is 48.5 Å². The minimum absolute atomic E-state index is 0.104. The third kappa shape index (κ3) is 3.53. The lowest BCUT2D eigenvalue weighted by Crippen LogP contribution is -2.51. The molecule has 1 aliphatic carbocycles. The lowest BCUT2D eigenvalue weighted by molar-refractivity contribution is -0.145. The average molecular weight is 369 g/mol. The Kier molecular flexibility index (Phi) is 5.46. The first-order valence-electron chi connectivity index (χ1n) is 8.92. The largest absolute Gasteiger partial charge is 0.480 e. The van der Waals surface area contributed by atoms with Gasteiger partial charge in [-0.25, -0.2) is 9.59 Å². The predicted molar refractivity (Wildman–Crippen MR) is 101 cm³/mol. The van der Waals surface area contributed by atoms with Gasteiger partial charge in [0.1, 0.15) is 6.61 Å². The molecule has 0 bridgehead atoms. The van der Waals surface area contributed by atoms with Crippen molar-refractivity contribution in [2.45, 2.75) is 31.8 Å². The molecule has 0 radical (unpaired) electrons. The Morgan fingerprint density at radius 3 is 2.00 bits per heavy atom. The Bertz CT molecular complexity index is 802. The van der Waals surface area contributed by atoms with Crippen molar-refractivity contribution >= 4 is 12.1 Å². The molecule has 0 fully saturated rings. The lowest BCUT2D eigenvalue weighted by Gasteiger charge is -2.31. The van der Waals surface area contributed by atoms with E-state index in [0.29, 0.717) is 0 Å². The van der Waals surface area contributed by atoms with E-state index in [9.17, 15) is 19.8 Å². The SMILES string of the molecule is CC(C)N(C(=O)OCC1c2ccccc2-c2ccccc21)C(CO)C(=O)O. The van der Waals surface area contributed by atoms with Crippen molar-refractivity contribution in [1.29, 1.82) is 0 Å². The maximum Gasteiger partial charge on any atom is 0.410 e. The molecule has 3 rings (SSSR count). The monoisotopic (exact) mass is 369 g/mol. The third-order valence-electron chi connectivity index (χ3n) is 4.90. The summed E-state index contributed by atoms with van der Waals surface area (Å²) in [6, 6.07) is 14.2. The zero-order chi connectivity index (χ0) is 19.6. The summed E-state index contributed by atoms with van der Waals surface area (Å²) in [5.41, 5.74) is 4.40. The molecule has 0 saturated carbocycles. The van der Waals surface area contributed by atoms with Gasteiger partial charge in [0.15, 0.2) is 6.04 Å². The standard InChI is InChI=1S/C21H23NO5/c1-13(2)22(19(11-23)20(24)25)21(26)27-12-18-16-9-5-3-7-14(16)15-8-4-6-10-17(15)18/h3-10,13,18-19,23H,11-12H2,1-2H3,(H,24,25). The lowest BCUT2D eigenvalue weighted by atomic mass is 9.98. The number of ether oxygens (including phenoxy) is 1. The van der Waals surface area contributed by atoms with Crippen LogP contribution in [0.15, 0.2) is 48.5 Å². The Balaban J connectivity index is 1.82. The summed E-state index contributed by atoms with van der Waals surface area (Å²) in [5.74, 6) is -1.37. The smallest absolute Gasteiger partial charge is 0.410 e. The molecule has 0 aliphatic heterocycles. The van der Waals surface area contributed by atoms with Crippen LogP contribution in [-0.4, -0.2) is 52.5 Å². The highest BCUT2D eigenvalue weighted by Gasteiger charge is 2.34. The van der Waals surface area contributed by atoms with E-state index in [-0.39, 0.29) is 12.5 Å². The van der Waals surface area contributed by atoms with Gasteiger partial charge in [0.25, 0.3) is 0 Å². The zero-order valence-electron chi connectivity index (χ0n) is 15.3. The number of benzene rings is 2. The first-order chi connectivity index (χ1) is 13.0. The molecule has 27 heavy (non-hydrogen) atoms. The Morgan fingerprint density at radius 2 is 1.56 bits per heavy atom. The molecule has 0 spiro atoms. The molecule has 142 valence electrons. The second-order valence-corrected chi connectivity index (χ2v) is 6.84. The van der Waals surface area contributed by atoms with Gasteiger partial charge in [-0.2, -0.15) is 0 Å². The van der Waals surface area contributed by atoms with Crippen molar-refractivity contribution in [3.63, 3.8) is 0 Å². The summed E-state index contributed by atoms with van der Waals surface area (Å²) in [4.78, 5) is 25.0. The van der Waals surface area contributed by atoms with Crippen molar-refractivity contribution in [2.24, 2.45) is 0 Å². The van der Waals surface area contributed by atoms with Crippen molar-refractivity contribution in [3.8, 4) is 11.1 Å². The van der Waals surface area contributed by atoms with Gasteiger partial charge in [0.2, 0.25) is 0 Å². The maximum absolute atomic E-state index is 12.6. The van der Waals surface area contributed by atoms with Crippen LogP contribution in [0.1, 0.15) is 30.9 Å². The molecule has 6 nitrogen and oxygen atoms in total. The Hall–Kier alpha value is -2.86. The topological polar surface area (TPSA) is 87.1 Å². The maximum atomic E-state index is 12.6. The molecule has 2 aromatic carbocycles. The molecular formula is C21H23NO5. The molecule has 2 N–H and O–H groups in total. The van der Waals surface area contributed by atoms with Crippen LogP contribution in [0.5, 0.6) is 0 Å². The highest BCUT2D eigenvalue weighted by atomic mass is 16.6. The number of aliphatic carboxylic acids is 1. The van der Waals surface area contributed by atoms with E-state index in [2.05, 4.69) is 0 Å². The van der Waals surface area contributed by atoms with Crippen molar-refractivity contribution in [3.05, 3.63) is 59.7 Å². The van der Waals surface area contributed by atoms with E-state index in [1.165, 1.54) is 0 Å². The number of carbonyl (C=O) groups is 2. The van der Waals surface area contributed by atoms with Gasteiger partial charge in [-0.1, -0.05) is 48.5 Å². The number of aliphatic hydroxyl groups is 1. The van der Waals surface area contributed by atoms with E-state index < -0.39 is 30.8 Å². The summed E-state index contributed by atoms with van der Waals surface area (Å²) in [6.07, 6.45) is -0.742. The molecule has 0 saturated heterocycles. The molecule has 1 aliphatic rings. The highest BCUT2D eigenvalue weighted by molar-refractivity contribution is 5.81. The zero-order valence-corrected chi connectivity index (χ0v) is 15.3. The van der Waals surface area contributed by atoms with Crippen LogP contribution in [-0.2, 0) is 9.53 Å². The number of aliphatic hydroxyl groups excluding tert-OH is 1. The van der Waals surface area contributed by atoms with Gasteiger partial charge in [-0.15, -0.1) is 0 Å². The molecule has 1 amide bonds. The number of carbonyl (C=O) groups excluding carboxylic acids is 1. The highest BCUT2D eigenvalue weighted by Crippen LogP contribution is 2.44. The van der Waals surface area contributed by atoms with Crippen LogP contribution in [0.2, 0.25) is 0 Å². The van der Waals surface area contributed by atoms with Crippen LogP contribution in [0.3, 0.4) is 0 Å². The molecule has 0 aromatic heterocycles. The van der Waals surface area contributed by atoms with Gasteiger partial charge < -0.3 is 14.9 Å². The second kappa shape index (κ2) is 7.80. The Labute approximate surface area is 158 Å². The molecule has 1 unspecified atom stereocenters. The summed E-state index contributed by atoms with van der Waals surface area (Å²) in [5, 5.41) is 18.6. The quantitative estimate of drug-likeness (QED) is 0.817. The van der Waals surface area contributed by atoms with Crippen LogP contribution in [0, 0.1) is 0 Å². The van der Waals surface area contributed by atoms with Crippen LogP contribution in [0.4, 0.5) is 4.79 Å². The van der Waals surface area contributed by atoms with Crippen molar-refractivity contribution < 1.29 is 24.5 Å². The van der Waals surface area contributed by atoms with Crippen molar-refractivity contribution in [1.82, 2.24) is 4.90 Å². The fourth-order valence-electron chi connectivity index (χ4n) is 3.65. The summed E-state index contributed by atoms with van der Waals surface area (Å²) in [6.45, 7) is 2.81. The van der Waals surface area contributed by atoms with Crippen molar-refractivity contribution in [2.75, 3.05) is 13.2 Å². The van der Waals surface area contributed by atoms with Crippen LogP contribution >= 0.6 is 0 Å². The fraction of sp³-hybridized carbons (Fsp3) is 0.333. The number of rotatable bonds is 6. The van der Waals surface area contributed by atoms with E-state index in [0.717, 1.165) is 27.2 Å². The Morgan fingerprint density at radius 1 is 1.04 bits per heavy atom. The molecule has 0 heterocycles. The molecule has 6 heteroatoms. The summed E-state index contributed by atoms with van der Waals surface area (Å²) < 4.78 is 5.51. The molecule has 2 aromatic rings. The molecule has 1 atom stereocenters. The number of amides is 1. The number of carboxylic acid groups (broad SMARTS) is 1. The average Bonchev–Trinajstić information content (AvgIpc) is 2.97. The summed E-state index contributed by atoms with van der Waals surface area (Å²) in [7, 11) is 0. The van der Waals surface area contributed by atoms with Crippen LogP contribution in [0.25, 0.3) is 11.1 Å². The number of fused-ring (bicyclic) bond motifs is 3. The van der Waals surface area contributed by atoms with Gasteiger partial charge >= 0.3 is 12.1 Å². The van der Waals surface area contributed by atoms with Gasteiger partial charge in [-0.3, -0.25) is 4.90 Å². The second-order valence-electron chi connectivity index (χ2n) is 6.84. The first kappa shape index (κ1) is 18.9.